The fraction of sp³-hybridized carbons (Fsp3) is 0.600. The maximum Gasteiger partial charge on any atom is 0.419 e. The summed E-state index contributed by atoms with van der Waals surface area (Å²) in [5.41, 5.74) is 5.15. The lowest BCUT2D eigenvalue weighted by atomic mass is 10.0. The van der Waals surface area contributed by atoms with E-state index in [0.717, 1.165) is 18.6 Å². The van der Waals surface area contributed by atoms with E-state index in [1.165, 1.54) is 6.07 Å². The van der Waals surface area contributed by atoms with Crippen LogP contribution in [0.15, 0.2) is 18.2 Å². The molecule has 0 bridgehead atoms. The molecule has 0 aliphatic rings. The lowest BCUT2D eigenvalue weighted by Crippen LogP contribution is -2.31. The Hall–Kier alpha value is -1.14. The second kappa shape index (κ2) is 7.22. The van der Waals surface area contributed by atoms with E-state index in [1.807, 2.05) is 25.8 Å². The van der Waals surface area contributed by atoms with Gasteiger partial charge in [-0.15, -0.1) is 0 Å². The van der Waals surface area contributed by atoms with E-state index >= 15 is 0 Å². The highest BCUT2D eigenvalue weighted by Gasteiger charge is 2.34. The van der Waals surface area contributed by atoms with Gasteiger partial charge in [0.15, 0.2) is 0 Å². The molecular formula is C15H22F4N2. The third-order valence-electron chi connectivity index (χ3n) is 3.49. The van der Waals surface area contributed by atoms with Gasteiger partial charge in [0.25, 0.3) is 0 Å². The Morgan fingerprint density at radius 1 is 1.24 bits per heavy atom. The van der Waals surface area contributed by atoms with Crippen molar-refractivity contribution in [1.29, 1.82) is 0 Å². The fourth-order valence-electron chi connectivity index (χ4n) is 1.98. The normalized spacial score (nSPS) is 14.0. The summed E-state index contributed by atoms with van der Waals surface area (Å²) in [6, 6.07) is 3.18. The summed E-state index contributed by atoms with van der Waals surface area (Å²) in [5, 5.41) is 0. The van der Waals surface area contributed by atoms with Gasteiger partial charge >= 0.3 is 6.18 Å². The number of hydrogen-bond donors (Lipinski definition) is 1. The molecule has 6 heteroatoms. The number of benzene rings is 1. The zero-order valence-electron chi connectivity index (χ0n) is 12.5. The van der Waals surface area contributed by atoms with Gasteiger partial charge in [-0.1, -0.05) is 19.9 Å². The summed E-state index contributed by atoms with van der Waals surface area (Å²) in [7, 11) is 1.81. The number of alkyl halides is 3. The van der Waals surface area contributed by atoms with Crippen molar-refractivity contribution < 1.29 is 17.6 Å². The first-order valence-corrected chi connectivity index (χ1v) is 6.91. The topological polar surface area (TPSA) is 29.3 Å². The molecule has 0 spiro atoms. The van der Waals surface area contributed by atoms with Gasteiger partial charge < -0.3 is 10.6 Å². The Balaban J connectivity index is 2.67. The van der Waals surface area contributed by atoms with E-state index in [9.17, 15) is 17.6 Å². The van der Waals surface area contributed by atoms with E-state index in [0.29, 0.717) is 24.6 Å². The van der Waals surface area contributed by atoms with Crippen LogP contribution >= 0.6 is 0 Å². The minimum atomic E-state index is -4.67. The first-order chi connectivity index (χ1) is 9.61. The molecule has 0 fully saturated rings. The van der Waals surface area contributed by atoms with Crippen LogP contribution in [0, 0.1) is 11.7 Å². The van der Waals surface area contributed by atoms with Crippen molar-refractivity contribution in [2.24, 2.45) is 11.7 Å². The highest BCUT2D eigenvalue weighted by molar-refractivity contribution is 5.27. The highest BCUT2D eigenvalue weighted by atomic mass is 19.4. The molecule has 0 aromatic heterocycles. The molecule has 1 rings (SSSR count). The van der Waals surface area contributed by atoms with Gasteiger partial charge in [0.1, 0.15) is 5.82 Å². The summed E-state index contributed by atoms with van der Waals surface area (Å²) >= 11 is 0. The molecule has 1 aromatic carbocycles. The molecule has 1 aromatic rings. The monoisotopic (exact) mass is 306 g/mol. The number of hydrogen-bond acceptors (Lipinski definition) is 2. The van der Waals surface area contributed by atoms with E-state index in [4.69, 9.17) is 5.73 Å². The Bertz CT molecular complexity index is 457. The lowest BCUT2D eigenvalue weighted by Gasteiger charge is -2.21. The molecule has 1 atom stereocenters. The Morgan fingerprint density at radius 2 is 1.86 bits per heavy atom. The molecular weight excluding hydrogens is 284 g/mol. The van der Waals surface area contributed by atoms with Crippen molar-refractivity contribution in [3.63, 3.8) is 0 Å². The van der Waals surface area contributed by atoms with Crippen molar-refractivity contribution in [3.05, 3.63) is 35.1 Å². The van der Waals surface area contributed by atoms with Gasteiger partial charge in [-0.25, -0.2) is 4.39 Å². The van der Waals surface area contributed by atoms with Crippen molar-refractivity contribution in [3.8, 4) is 0 Å². The largest absolute Gasteiger partial charge is 0.419 e. The highest BCUT2D eigenvalue weighted by Crippen LogP contribution is 2.32. The smallest absolute Gasteiger partial charge is 0.327 e. The molecule has 0 aliphatic carbocycles. The fourth-order valence-corrected chi connectivity index (χ4v) is 1.98. The van der Waals surface area contributed by atoms with E-state index in [-0.39, 0.29) is 6.04 Å². The van der Waals surface area contributed by atoms with Crippen LogP contribution in [0.1, 0.15) is 31.4 Å². The second-order valence-corrected chi connectivity index (χ2v) is 5.75. The lowest BCUT2D eigenvalue weighted by molar-refractivity contribution is -0.140. The minimum absolute atomic E-state index is 0.0615. The first-order valence-electron chi connectivity index (χ1n) is 6.91. The van der Waals surface area contributed by atoms with E-state index in [1.54, 1.807) is 0 Å². The van der Waals surface area contributed by atoms with Crippen LogP contribution in [0.25, 0.3) is 0 Å². The van der Waals surface area contributed by atoms with E-state index in [2.05, 4.69) is 0 Å². The standard InChI is InChI=1S/C15H22F4N2/c1-10(2)14(20)6-7-21(3)9-11-4-5-13(16)12(8-11)15(17,18)19/h4-5,8,10,14H,6-7,9,20H2,1-3H3. The predicted molar refractivity (Wildman–Crippen MR) is 75.2 cm³/mol. The molecule has 0 saturated heterocycles. The summed E-state index contributed by atoms with van der Waals surface area (Å²) in [5.74, 6) is -0.878. The van der Waals surface area contributed by atoms with Crippen molar-refractivity contribution >= 4 is 0 Å². The van der Waals surface area contributed by atoms with Gasteiger partial charge in [0.2, 0.25) is 0 Å². The summed E-state index contributed by atoms with van der Waals surface area (Å²) in [6.07, 6.45) is -3.90. The molecule has 21 heavy (non-hydrogen) atoms. The first kappa shape index (κ1) is 17.9. The molecule has 120 valence electrons. The average Bonchev–Trinajstić information content (AvgIpc) is 2.36. The number of nitrogens with zero attached hydrogens (tertiary/aromatic N) is 1. The Labute approximate surface area is 122 Å². The molecule has 1 unspecified atom stereocenters. The maximum absolute atomic E-state index is 13.2. The third kappa shape index (κ3) is 5.63. The van der Waals surface area contributed by atoms with Crippen LogP contribution in [0.5, 0.6) is 0 Å². The third-order valence-corrected chi connectivity index (χ3v) is 3.49. The Kier molecular flexibility index (Phi) is 6.16. The Morgan fingerprint density at radius 3 is 2.38 bits per heavy atom. The van der Waals surface area contributed by atoms with Crippen molar-refractivity contribution in [1.82, 2.24) is 4.90 Å². The van der Waals surface area contributed by atoms with Crippen LogP contribution in [-0.2, 0) is 12.7 Å². The minimum Gasteiger partial charge on any atom is -0.327 e. The number of rotatable bonds is 6. The van der Waals surface area contributed by atoms with Crippen molar-refractivity contribution in [2.45, 2.75) is 39.0 Å². The van der Waals surface area contributed by atoms with Gasteiger partial charge in [-0.05, 0) is 43.6 Å². The van der Waals surface area contributed by atoms with Crippen LogP contribution in [0.3, 0.4) is 0 Å². The molecule has 0 radical (unpaired) electrons. The second-order valence-electron chi connectivity index (χ2n) is 5.75. The van der Waals surface area contributed by atoms with Crippen LogP contribution in [0.2, 0.25) is 0 Å². The van der Waals surface area contributed by atoms with Gasteiger partial charge in [0.05, 0.1) is 5.56 Å². The van der Waals surface area contributed by atoms with E-state index < -0.39 is 17.6 Å². The SMILES string of the molecule is CC(C)C(N)CCN(C)Cc1ccc(F)c(C(F)(F)F)c1. The van der Waals surface area contributed by atoms with Crippen LogP contribution in [-0.4, -0.2) is 24.5 Å². The molecule has 0 saturated carbocycles. The molecule has 2 N–H and O–H groups in total. The quantitative estimate of drug-likeness (QED) is 0.813. The summed E-state index contributed by atoms with van der Waals surface area (Å²) in [4.78, 5) is 1.88. The molecule has 0 aliphatic heterocycles. The zero-order chi connectivity index (χ0) is 16.2. The molecule has 2 nitrogen and oxygen atoms in total. The van der Waals surface area contributed by atoms with Gasteiger partial charge in [0, 0.05) is 12.6 Å². The van der Waals surface area contributed by atoms with Crippen molar-refractivity contribution in [2.75, 3.05) is 13.6 Å². The zero-order valence-corrected chi connectivity index (χ0v) is 12.5. The number of nitrogens with two attached hydrogens (primary N) is 1. The summed E-state index contributed by atoms with van der Waals surface area (Å²) in [6.45, 7) is 5.06. The molecule has 0 amide bonds. The molecule has 0 heterocycles. The van der Waals surface area contributed by atoms with Crippen LogP contribution < -0.4 is 5.73 Å². The van der Waals surface area contributed by atoms with Gasteiger partial charge in [-0.2, -0.15) is 13.2 Å². The van der Waals surface area contributed by atoms with Gasteiger partial charge in [-0.3, -0.25) is 0 Å². The summed E-state index contributed by atoms with van der Waals surface area (Å²) < 4.78 is 51.1. The van der Waals surface area contributed by atoms with Crippen LogP contribution in [0.4, 0.5) is 17.6 Å². The number of halogens is 4. The maximum atomic E-state index is 13.2. The average molecular weight is 306 g/mol. The predicted octanol–water partition coefficient (Wildman–Crippen LogP) is 3.65.